The lowest BCUT2D eigenvalue weighted by molar-refractivity contribution is 0.367. The van der Waals surface area contributed by atoms with Gasteiger partial charge in [-0.3, -0.25) is 4.39 Å². The molecular weight excluding hydrogens is 197 g/mol. The second-order valence-electron chi connectivity index (χ2n) is 3.42. The molecule has 86 valence electrons. The van der Waals surface area contributed by atoms with Gasteiger partial charge >= 0.3 is 0 Å². The minimum atomic E-state index is -0.282. The van der Waals surface area contributed by atoms with Crippen LogP contribution in [-0.2, 0) is 13.6 Å². The van der Waals surface area contributed by atoms with Crippen LogP contribution in [-0.4, -0.2) is 30.1 Å². The van der Waals surface area contributed by atoms with Crippen molar-refractivity contribution in [2.75, 3.05) is 20.3 Å². The highest BCUT2D eigenvalue weighted by Gasteiger charge is 2.12. The molecule has 0 radical (unpaired) electrons. The maximum Gasteiger partial charge on any atom is 0.216 e. The summed E-state index contributed by atoms with van der Waals surface area (Å²) in [7, 11) is 3.47. The number of nitrogens with one attached hydrogen (secondary N) is 1. The fourth-order valence-electron chi connectivity index (χ4n) is 1.54. The van der Waals surface area contributed by atoms with Gasteiger partial charge in [-0.05, 0) is 19.9 Å². The lowest BCUT2D eigenvalue weighted by Crippen LogP contribution is -2.16. The van der Waals surface area contributed by atoms with E-state index in [1.54, 1.807) is 11.8 Å². The molecule has 0 bridgehead atoms. The molecule has 4 nitrogen and oxygen atoms in total. The minimum Gasteiger partial charge on any atom is -0.481 e. The Balaban J connectivity index is 2.59. The van der Waals surface area contributed by atoms with Gasteiger partial charge in [0.15, 0.2) is 0 Å². The fraction of sp³-hybridized carbons (Fsp3) is 0.700. The standard InChI is InChI=1S/C10H18FN3O/c1-8-9(7-12-6-4-5-11)10(15-3)14(2)13-8/h12H,4-7H2,1-3H3. The topological polar surface area (TPSA) is 39.1 Å². The van der Waals surface area contributed by atoms with Crippen LogP contribution in [0, 0.1) is 6.92 Å². The molecule has 15 heavy (non-hydrogen) atoms. The summed E-state index contributed by atoms with van der Waals surface area (Å²) in [6.45, 7) is 3.00. The molecule has 0 saturated heterocycles. The maximum atomic E-state index is 11.9. The molecule has 0 spiro atoms. The molecule has 1 aromatic rings. The summed E-state index contributed by atoms with van der Waals surface area (Å²) >= 11 is 0. The Morgan fingerprint density at radius 2 is 2.27 bits per heavy atom. The van der Waals surface area contributed by atoms with E-state index in [4.69, 9.17) is 4.74 Å². The van der Waals surface area contributed by atoms with Gasteiger partial charge in [-0.2, -0.15) is 5.10 Å². The first-order valence-electron chi connectivity index (χ1n) is 5.03. The van der Waals surface area contributed by atoms with Crippen molar-refractivity contribution in [3.05, 3.63) is 11.3 Å². The summed E-state index contributed by atoms with van der Waals surface area (Å²) in [6.07, 6.45) is 0.543. The van der Waals surface area contributed by atoms with Gasteiger partial charge in [0.1, 0.15) is 0 Å². The highest BCUT2D eigenvalue weighted by molar-refractivity contribution is 5.30. The number of aryl methyl sites for hydroxylation is 2. The smallest absolute Gasteiger partial charge is 0.216 e. The SMILES string of the molecule is COc1c(CNCCCF)c(C)nn1C. The zero-order valence-corrected chi connectivity index (χ0v) is 9.51. The van der Waals surface area contributed by atoms with Crippen LogP contribution in [0.15, 0.2) is 0 Å². The van der Waals surface area contributed by atoms with Gasteiger partial charge < -0.3 is 10.1 Å². The molecule has 1 aromatic heterocycles. The van der Waals surface area contributed by atoms with Gasteiger partial charge in [0.05, 0.1) is 25.0 Å². The minimum absolute atomic E-state index is 0.282. The molecule has 0 saturated carbocycles. The van der Waals surface area contributed by atoms with Gasteiger partial charge in [0, 0.05) is 13.6 Å². The van der Waals surface area contributed by atoms with Crippen molar-refractivity contribution in [2.45, 2.75) is 19.9 Å². The van der Waals surface area contributed by atoms with Crippen LogP contribution in [0.2, 0.25) is 0 Å². The molecule has 5 heteroatoms. The van der Waals surface area contributed by atoms with E-state index >= 15 is 0 Å². The van der Waals surface area contributed by atoms with E-state index in [9.17, 15) is 4.39 Å². The van der Waals surface area contributed by atoms with Crippen molar-refractivity contribution in [2.24, 2.45) is 7.05 Å². The zero-order chi connectivity index (χ0) is 11.3. The van der Waals surface area contributed by atoms with Crippen LogP contribution in [0.3, 0.4) is 0 Å². The van der Waals surface area contributed by atoms with Crippen molar-refractivity contribution in [1.29, 1.82) is 0 Å². The summed E-state index contributed by atoms with van der Waals surface area (Å²) in [4.78, 5) is 0. The van der Waals surface area contributed by atoms with E-state index in [0.29, 0.717) is 19.5 Å². The van der Waals surface area contributed by atoms with Crippen LogP contribution in [0.25, 0.3) is 0 Å². The predicted molar refractivity (Wildman–Crippen MR) is 56.8 cm³/mol. The number of halogens is 1. The van der Waals surface area contributed by atoms with Gasteiger partial charge in [-0.25, -0.2) is 4.68 Å². The first-order valence-corrected chi connectivity index (χ1v) is 5.03. The highest BCUT2D eigenvalue weighted by atomic mass is 19.1. The fourth-order valence-corrected chi connectivity index (χ4v) is 1.54. The van der Waals surface area contributed by atoms with Crippen LogP contribution < -0.4 is 10.1 Å². The largest absolute Gasteiger partial charge is 0.481 e. The third-order valence-corrected chi connectivity index (χ3v) is 2.27. The molecule has 1 heterocycles. The van der Waals surface area contributed by atoms with Gasteiger partial charge in [-0.1, -0.05) is 0 Å². The van der Waals surface area contributed by atoms with Gasteiger partial charge in [0.25, 0.3) is 0 Å². The third-order valence-electron chi connectivity index (χ3n) is 2.27. The van der Waals surface area contributed by atoms with Gasteiger partial charge in [0.2, 0.25) is 5.88 Å². The quantitative estimate of drug-likeness (QED) is 0.724. The zero-order valence-electron chi connectivity index (χ0n) is 9.51. The highest BCUT2D eigenvalue weighted by Crippen LogP contribution is 2.20. The summed E-state index contributed by atoms with van der Waals surface area (Å²) in [6, 6.07) is 0. The van der Waals surface area contributed by atoms with Crippen LogP contribution >= 0.6 is 0 Å². The van der Waals surface area contributed by atoms with Crippen molar-refractivity contribution >= 4 is 0 Å². The molecule has 0 aromatic carbocycles. The molecule has 0 atom stereocenters. The number of alkyl halides is 1. The van der Waals surface area contributed by atoms with Gasteiger partial charge in [-0.15, -0.1) is 0 Å². The Labute approximate surface area is 89.4 Å². The maximum absolute atomic E-state index is 11.9. The molecule has 0 aliphatic carbocycles. The molecule has 0 unspecified atom stereocenters. The van der Waals surface area contributed by atoms with E-state index in [-0.39, 0.29) is 6.67 Å². The molecule has 0 aliphatic heterocycles. The molecular formula is C10H18FN3O. The average molecular weight is 215 g/mol. The Bertz CT molecular complexity index is 312. The van der Waals surface area contributed by atoms with Crippen LogP contribution in [0.4, 0.5) is 4.39 Å². The van der Waals surface area contributed by atoms with Crippen LogP contribution in [0.5, 0.6) is 5.88 Å². The van der Waals surface area contributed by atoms with E-state index in [2.05, 4.69) is 10.4 Å². The first-order chi connectivity index (χ1) is 7.20. The number of hydrogen-bond acceptors (Lipinski definition) is 3. The first kappa shape index (κ1) is 12.0. The summed E-state index contributed by atoms with van der Waals surface area (Å²) < 4.78 is 18.8. The monoisotopic (exact) mass is 215 g/mol. The Morgan fingerprint density at radius 1 is 1.53 bits per heavy atom. The summed E-state index contributed by atoms with van der Waals surface area (Å²) in [5, 5.41) is 7.42. The molecule has 1 N–H and O–H groups in total. The summed E-state index contributed by atoms with van der Waals surface area (Å²) in [5.74, 6) is 0.764. The average Bonchev–Trinajstić information content (AvgIpc) is 2.48. The van der Waals surface area contributed by atoms with Crippen molar-refractivity contribution < 1.29 is 9.13 Å². The van der Waals surface area contributed by atoms with E-state index in [1.807, 2.05) is 14.0 Å². The molecule has 1 rings (SSSR count). The second-order valence-corrected chi connectivity index (χ2v) is 3.42. The van der Waals surface area contributed by atoms with Crippen molar-refractivity contribution in [3.8, 4) is 5.88 Å². The predicted octanol–water partition coefficient (Wildman–Crippen LogP) is 1.19. The molecule has 0 fully saturated rings. The van der Waals surface area contributed by atoms with Crippen LogP contribution in [0.1, 0.15) is 17.7 Å². The number of rotatable bonds is 6. The lowest BCUT2D eigenvalue weighted by Gasteiger charge is -2.05. The number of hydrogen-bond donors (Lipinski definition) is 1. The Kier molecular flexibility index (Phi) is 4.55. The Hall–Kier alpha value is -1.10. The number of ether oxygens (including phenoxy) is 1. The third kappa shape index (κ3) is 2.92. The molecule has 0 aliphatic rings. The molecule has 0 amide bonds. The number of aromatic nitrogens is 2. The van der Waals surface area contributed by atoms with Crippen molar-refractivity contribution in [3.63, 3.8) is 0 Å². The van der Waals surface area contributed by atoms with E-state index in [1.165, 1.54) is 0 Å². The van der Waals surface area contributed by atoms with E-state index in [0.717, 1.165) is 17.1 Å². The lowest BCUT2D eigenvalue weighted by atomic mass is 10.2. The normalized spacial score (nSPS) is 10.7. The summed E-state index contributed by atoms with van der Waals surface area (Å²) in [5.41, 5.74) is 1.99. The van der Waals surface area contributed by atoms with Crippen molar-refractivity contribution in [1.82, 2.24) is 15.1 Å². The second kappa shape index (κ2) is 5.70. The number of methoxy groups -OCH3 is 1. The Morgan fingerprint density at radius 3 is 2.87 bits per heavy atom. The van der Waals surface area contributed by atoms with E-state index < -0.39 is 0 Å². The number of nitrogens with zero attached hydrogens (tertiary/aromatic N) is 2.